The smallest absolute Gasteiger partial charge is 0.293 e. The van der Waals surface area contributed by atoms with E-state index in [2.05, 4.69) is 17.1 Å². The van der Waals surface area contributed by atoms with E-state index in [0.29, 0.717) is 11.5 Å². The zero-order valence-corrected chi connectivity index (χ0v) is 15.7. The summed E-state index contributed by atoms with van der Waals surface area (Å²) in [5, 5.41) is 20.3. The molecule has 2 N–H and O–H groups in total. The van der Waals surface area contributed by atoms with Crippen molar-refractivity contribution in [3.8, 4) is 23.6 Å². The minimum atomic E-state index is -1.55. The van der Waals surface area contributed by atoms with Crippen LogP contribution in [-0.4, -0.2) is 24.5 Å². The van der Waals surface area contributed by atoms with Crippen LogP contribution < -0.4 is 10.5 Å². The van der Waals surface area contributed by atoms with Crippen LogP contribution in [0.15, 0.2) is 59.6 Å². The summed E-state index contributed by atoms with van der Waals surface area (Å²) in [6, 6.07) is 21.3. The number of nitrogens with two attached hydrogens (primary N) is 1. The molecule has 144 valence electrons. The number of ether oxygens (including phenoxy) is 3. The van der Waals surface area contributed by atoms with E-state index in [9.17, 15) is 10.5 Å². The number of nitriles is 2. The zero-order chi connectivity index (χ0) is 20.3. The highest BCUT2D eigenvalue weighted by molar-refractivity contribution is 6.00. The van der Waals surface area contributed by atoms with Crippen molar-refractivity contribution in [2.45, 2.75) is 24.9 Å². The molecule has 5 unspecified atom stereocenters. The molecule has 1 spiro atoms. The Kier molecular flexibility index (Phi) is 3.54. The van der Waals surface area contributed by atoms with Crippen LogP contribution in [0.5, 0.6) is 11.5 Å². The largest absolute Gasteiger partial charge is 0.457 e. The van der Waals surface area contributed by atoms with Gasteiger partial charge in [0.1, 0.15) is 22.7 Å². The Bertz CT molecular complexity index is 1110. The predicted molar refractivity (Wildman–Crippen MR) is 103 cm³/mol. The fourth-order valence-electron chi connectivity index (χ4n) is 4.74. The molecule has 2 fully saturated rings. The lowest BCUT2D eigenvalue weighted by atomic mass is 9.94. The summed E-state index contributed by atoms with van der Waals surface area (Å²) in [4.78, 5) is 4.33. The molecule has 2 heterocycles. The van der Waals surface area contributed by atoms with Crippen molar-refractivity contribution in [3.05, 3.63) is 60.2 Å². The summed E-state index contributed by atoms with van der Waals surface area (Å²) in [5.74, 6) is -0.713. The average Bonchev–Trinajstić information content (AvgIpc) is 3.13. The second-order valence-electron chi connectivity index (χ2n) is 7.58. The summed E-state index contributed by atoms with van der Waals surface area (Å²) in [6.07, 6.45) is -0.250. The molecule has 0 aromatic heterocycles. The standard InChI is InChI=1S/C22H18N4O3/c1-14-11-27-22(29-14)21(13-24)18(20(21,12-23)19(25)26-22)15-6-5-9-17(10-15)28-16-7-3-2-4-8-16/h2-10,14,18H,11H2,1H3,(H2,25,26). The lowest BCUT2D eigenvalue weighted by Crippen LogP contribution is -2.39. The van der Waals surface area contributed by atoms with Crippen molar-refractivity contribution in [1.29, 1.82) is 10.5 Å². The third-order valence-electron chi connectivity index (χ3n) is 5.97. The summed E-state index contributed by atoms with van der Waals surface area (Å²) < 4.78 is 17.7. The molecule has 1 saturated heterocycles. The molecule has 2 aliphatic heterocycles. The summed E-state index contributed by atoms with van der Waals surface area (Å²) in [6.45, 7) is 2.12. The van der Waals surface area contributed by atoms with Crippen molar-refractivity contribution in [1.82, 2.24) is 0 Å². The lowest BCUT2D eigenvalue weighted by molar-refractivity contribution is -0.193. The van der Waals surface area contributed by atoms with Crippen molar-refractivity contribution in [2.75, 3.05) is 6.61 Å². The molecule has 5 rings (SSSR count). The normalized spacial score (nSPS) is 36.7. The monoisotopic (exact) mass is 386 g/mol. The van der Waals surface area contributed by atoms with Gasteiger partial charge in [-0.15, -0.1) is 0 Å². The molecule has 1 aliphatic carbocycles. The molecule has 0 amide bonds. The fraction of sp³-hybridized carbons (Fsp3) is 0.318. The van der Waals surface area contributed by atoms with Crippen LogP contribution in [0, 0.1) is 33.5 Å². The van der Waals surface area contributed by atoms with E-state index < -0.39 is 22.7 Å². The second kappa shape index (κ2) is 5.81. The van der Waals surface area contributed by atoms with Crippen molar-refractivity contribution in [3.63, 3.8) is 0 Å². The number of aliphatic imine (C=N–C) groups is 1. The SMILES string of the molecule is CC1COC2(N=C(N)C3(C#N)C(c4cccc(Oc5ccccc5)c4)C23C#N)O1. The molecule has 3 aliphatic rings. The maximum Gasteiger partial charge on any atom is 0.293 e. The quantitative estimate of drug-likeness (QED) is 0.867. The molecule has 2 aromatic carbocycles. The molecule has 5 atom stereocenters. The Hall–Kier alpha value is -3.39. The van der Waals surface area contributed by atoms with E-state index in [1.54, 1.807) is 0 Å². The Morgan fingerprint density at radius 3 is 2.52 bits per heavy atom. The van der Waals surface area contributed by atoms with Crippen LogP contribution in [0.25, 0.3) is 0 Å². The molecule has 29 heavy (non-hydrogen) atoms. The van der Waals surface area contributed by atoms with Crippen LogP contribution in [0.2, 0.25) is 0 Å². The van der Waals surface area contributed by atoms with Gasteiger partial charge in [-0.2, -0.15) is 10.5 Å². The van der Waals surface area contributed by atoms with E-state index in [0.717, 1.165) is 5.56 Å². The molecular weight excluding hydrogens is 368 g/mol. The van der Waals surface area contributed by atoms with Crippen molar-refractivity contribution in [2.24, 2.45) is 21.6 Å². The number of benzene rings is 2. The van der Waals surface area contributed by atoms with Gasteiger partial charge in [-0.25, -0.2) is 4.99 Å². The highest BCUT2D eigenvalue weighted by Crippen LogP contribution is 2.82. The van der Waals surface area contributed by atoms with E-state index >= 15 is 0 Å². The third-order valence-corrected chi connectivity index (χ3v) is 5.97. The van der Waals surface area contributed by atoms with E-state index in [1.165, 1.54) is 0 Å². The lowest BCUT2D eigenvalue weighted by Gasteiger charge is -2.26. The Morgan fingerprint density at radius 1 is 1.10 bits per heavy atom. The molecule has 2 aromatic rings. The van der Waals surface area contributed by atoms with E-state index in [4.69, 9.17) is 19.9 Å². The number of hydrogen-bond acceptors (Lipinski definition) is 7. The van der Waals surface area contributed by atoms with Gasteiger partial charge in [-0.3, -0.25) is 0 Å². The second-order valence-corrected chi connectivity index (χ2v) is 7.58. The number of nitrogens with zero attached hydrogens (tertiary/aromatic N) is 3. The van der Waals surface area contributed by atoms with Gasteiger partial charge in [0, 0.05) is 5.92 Å². The van der Waals surface area contributed by atoms with Crippen LogP contribution in [0.4, 0.5) is 0 Å². The van der Waals surface area contributed by atoms with Gasteiger partial charge >= 0.3 is 0 Å². The third kappa shape index (κ3) is 2.04. The Morgan fingerprint density at radius 2 is 1.86 bits per heavy atom. The first-order valence-electron chi connectivity index (χ1n) is 9.36. The Balaban J connectivity index is 1.57. The van der Waals surface area contributed by atoms with Crippen LogP contribution in [0.3, 0.4) is 0 Å². The zero-order valence-electron chi connectivity index (χ0n) is 15.7. The first-order valence-corrected chi connectivity index (χ1v) is 9.36. The van der Waals surface area contributed by atoms with Gasteiger partial charge in [-0.1, -0.05) is 30.3 Å². The number of amidine groups is 1. The number of rotatable bonds is 3. The van der Waals surface area contributed by atoms with E-state index in [1.807, 2.05) is 61.5 Å². The summed E-state index contributed by atoms with van der Waals surface area (Å²) in [7, 11) is 0. The highest BCUT2D eigenvalue weighted by atomic mass is 16.8. The molecule has 7 heteroatoms. The van der Waals surface area contributed by atoms with Crippen LogP contribution in [0.1, 0.15) is 18.4 Å². The highest BCUT2D eigenvalue weighted by Gasteiger charge is 2.94. The molecule has 7 nitrogen and oxygen atoms in total. The number of para-hydroxylation sites is 1. The van der Waals surface area contributed by atoms with Crippen LogP contribution in [-0.2, 0) is 9.47 Å². The van der Waals surface area contributed by atoms with E-state index in [-0.39, 0.29) is 18.5 Å². The minimum absolute atomic E-state index is 0.0787. The molecule has 0 radical (unpaired) electrons. The van der Waals surface area contributed by atoms with Crippen LogP contribution >= 0.6 is 0 Å². The van der Waals surface area contributed by atoms with Gasteiger partial charge in [0.05, 0.1) is 24.8 Å². The predicted octanol–water partition coefficient (Wildman–Crippen LogP) is 3.06. The number of fused-ring (bicyclic) bond motifs is 2. The molecule has 0 bridgehead atoms. The maximum absolute atomic E-state index is 10.2. The van der Waals surface area contributed by atoms with Gasteiger partial charge in [0.25, 0.3) is 5.91 Å². The average molecular weight is 386 g/mol. The van der Waals surface area contributed by atoms with Gasteiger partial charge in [-0.05, 0) is 36.8 Å². The van der Waals surface area contributed by atoms with Gasteiger partial charge in [0.15, 0.2) is 5.41 Å². The van der Waals surface area contributed by atoms with Crippen molar-refractivity contribution < 1.29 is 14.2 Å². The minimum Gasteiger partial charge on any atom is -0.457 e. The number of hydrogen-bond donors (Lipinski definition) is 1. The fourth-order valence-corrected chi connectivity index (χ4v) is 4.74. The first-order chi connectivity index (χ1) is 14.0. The maximum atomic E-state index is 10.2. The van der Waals surface area contributed by atoms with Gasteiger partial charge in [0.2, 0.25) is 0 Å². The molecular formula is C22H18N4O3. The topological polar surface area (TPSA) is 114 Å². The van der Waals surface area contributed by atoms with Gasteiger partial charge < -0.3 is 19.9 Å². The first kappa shape index (κ1) is 17.7. The van der Waals surface area contributed by atoms with Crippen molar-refractivity contribution >= 4 is 5.84 Å². The summed E-state index contributed by atoms with van der Waals surface area (Å²) in [5.41, 5.74) is 4.32. The summed E-state index contributed by atoms with van der Waals surface area (Å²) >= 11 is 0. The molecule has 1 saturated carbocycles. The Labute approximate surface area is 167 Å².